The van der Waals surface area contributed by atoms with Gasteiger partial charge < -0.3 is 15.2 Å². The first-order chi connectivity index (χ1) is 15.4. The molecule has 0 spiro atoms. The maximum absolute atomic E-state index is 13.1. The number of carbonyl (C=O) groups is 2. The number of aryl methyl sites for hydroxylation is 3. The lowest BCUT2D eigenvalue weighted by molar-refractivity contribution is -0.137. The van der Waals surface area contributed by atoms with Gasteiger partial charge in [0.2, 0.25) is 11.8 Å². The summed E-state index contributed by atoms with van der Waals surface area (Å²) >= 11 is 3.23. The van der Waals surface area contributed by atoms with Crippen molar-refractivity contribution < 1.29 is 9.59 Å². The first kappa shape index (κ1) is 22.7. The number of thiophene rings is 2. The summed E-state index contributed by atoms with van der Waals surface area (Å²) in [6.07, 6.45) is 2.76. The number of carbonyl (C=O) groups excluding carboxylic acids is 2. The predicted octanol–water partition coefficient (Wildman–Crippen LogP) is 3.47. The molecule has 4 rings (SSSR count). The van der Waals surface area contributed by atoms with Crippen molar-refractivity contribution >= 4 is 44.7 Å². The van der Waals surface area contributed by atoms with Crippen LogP contribution in [0.15, 0.2) is 16.2 Å². The highest BCUT2D eigenvalue weighted by Gasteiger charge is 2.28. The van der Waals surface area contributed by atoms with Gasteiger partial charge in [-0.2, -0.15) is 0 Å². The number of amides is 2. The predicted molar refractivity (Wildman–Crippen MR) is 128 cm³/mol. The van der Waals surface area contributed by atoms with Gasteiger partial charge in [-0.1, -0.05) is 13.3 Å². The van der Waals surface area contributed by atoms with E-state index >= 15 is 0 Å². The molecule has 4 heterocycles. The molecular formula is C23H28N4O3S2. The fraction of sp³-hybridized carbons (Fsp3) is 0.478. The Bertz CT molecular complexity index is 1210. The van der Waals surface area contributed by atoms with Crippen LogP contribution in [-0.2, 0) is 29.0 Å². The second-order valence-electron chi connectivity index (χ2n) is 8.26. The molecule has 1 unspecified atom stereocenters. The number of nitrogens with zero attached hydrogens (tertiary/aromatic N) is 2. The van der Waals surface area contributed by atoms with Gasteiger partial charge in [0.15, 0.2) is 0 Å². The summed E-state index contributed by atoms with van der Waals surface area (Å²) in [4.78, 5) is 50.5. The van der Waals surface area contributed by atoms with Crippen LogP contribution in [0.3, 0.4) is 0 Å². The molecule has 1 aliphatic heterocycles. The van der Waals surface area contributed by atoms with Crippen molar-refractivity contribution in [2.45, 2.75) is 65.5 Å². The standard InChI is InChI=1S/C23H28N4O3S2/c1-4-5-16(23(30)27-10-8-17-15(12-27)9-11-31-17)24-19(28)7-6-18-25-21(29)20-13(2)14(3)32-22(20)26-18/h9,11,16H,4-8,10,12H2,1-3H3,(H,24,28)(H,25,26,29). The van der Waals surface area contributed by atoms with Gasteiger partial charge in [0.1, 0.15) is 16.7 Å². The largest absolute Gasteiger partial charge is 0.344 e. The monoisotopic (exact) mass is 472 g/mol. The lowest BCUT2D eigenvalue weighted by Gasteiger charge is -2.31. The molecule has 0 bridgehead atoms. The zero-order chi connectivity index (χ0) is 22.8. The lowest BCUT2D eigenvalue weighted by Crippen LogP contribution is -2.49. The number of aromatic amines is 1. The molecule has 1 atom stereocenters. The fourth-order valence-electron chi connectivity index (χ4n) is 4.12. The number of aromatic nitrogens is 2. The lowest BCUT2D eigenvalue weighted by atomic mass is 10.1. The van der Waals surface area contributed by atoms with E-state index in [1.165, 1.54) is 21.8 Å². The van der Waals surface area contributed by atoms with E-state index in [2.05, 4.69) is 26.7 Å². The average molecular weight is 473 g/mol. The Balaban J connectivity index is 1.39. The maximum atomic E-state index is 13.1. The van der Waals surface area contributed by atoms with Crippen LogP contribution in [0.1, 0.15) is 52.9 Å². The van der Waals surface area contributed by atoms with E-state index in [1.807, 2.05) is 25.7 Å². The number of nitrogens with one attached hydrogen (secondary N) is 2. The number of hydrogen-bond donors (Lipinski definition) is 2. The number of rotatable bonds is 7. The minimum absolute atomic E-state index is 0.0189. The van der Waals surface area contributed by atoms with E-state index in [1.54, 1.807) is 11.3 Å². The van der Waals surface area contributed by atoms with Crippen LogP contribution in [0.25, 0.3) is 10.2 Å². The highest BCUT2D eigenvalue weighted by molar-refractivity contribution is 7.18. The number of H-pyrrole nitrogens is 1. The SMILES string of the molecule is CCCC(NC(=O)CCc1nc2sc(C)c(C)c2c(=O)[nH]1)C(=O)N1CCc2sccc2C1. The summed E-state index contributed by atoms with van der Waals surface area (Å²) < 4.78 is 0. The number of hydrogen-bond acceptors (Lipinski definition) is 6. The minimum Gasteiger partial charge on any atom is -0.344 e. The van der Waals surface area contributed by atoms with Gasteiger partial charge in [-0.25, -0.2) is 4.98 Å². The van der Waals surface area contributed by atoms with Gasteiger partial charge >= 0.3 is 0 Å². The summed E-state index contributed by atoms with van der Waals surface area (Å²) in [5.74, 6) is 0.277. The van der Waals surface area contributed by atoms with E-state index in [9.17, 15) is 14.4 Å². The van der Waals surface area contributed by atoms with Gasteiger partial charge in [0.05, 0.1) is 5.39 Å². The summed E-state index contributed by atoms with van der Waals surface area (Å²) in [7, 11) is 0. The fourth-order valence-corrected chi connectivity index (χ4v) is 6.06. The summed E-state index contributed by atoms with van der Waals surface area (Å²) in [6, 6.07) is 1.55. The number of fused-ring (bicyclic) bond motifs is 2. The molecule has 1 aliphatic rings. The third kappa shape index (κ3) is 4.63. The normalized spacial score (nSPS) is 14.4. The van der Waals surface area contributed by atoms with E-state index < -0.39 is 6.04 Å². The molecule has 0 aliphatic carbocycles. The summed E-state index contributed by atoms with van der Waals surface area (Å²) in [6.45, 7) is 7.20. The molecule has 0 fully saturated rings. The molecular weight excluding hydrogens is 444 g/mol. The van der Waals surface area contributed by atoms with E-state index in [-0.39, 0.29) is 23.8 Å². The Morgan fingerprint density at radius 1 is 1.34 bits per heavy atom. The highest BCUT2D eigenvalue weighted by Crippen LogP contribution is 2.26. The molecule has 2 N–H and O–H groups in total. The molecule has 0 aromatic carbocycles. The zero-order valence-corrected chi connectivity index (χ0v) is 20.3. The van der Waals surface area contributed by atoms with Crippen LogP contribution in [0.2, 0.25) is 0 Å². The van der Waals surface area contributed by atoms with Crippen molar-refractivity contribution in [3.63, 3.8) is 0 Å². The van der Waals surface area contributed by atoms with Gasteiger partial charge in [-0.3, -0.25) is 14.4 Å². The molecule has 9 heteroatoms. The van der Waals surface area contributed by atoms with E-state index in [0.29, 0.717) is 42.0 Å². The van der Waals surface area contributed by atoms with Crippen molar-refractivity contribution in [1.29, 1.82) is 0 Å². The van der Waals surface area contributed by atoms with Crippen LogP contribution in [-0.4, -0.2) is 39.3 Å². The molecule has 2 amide bonds. The first-order valence-electron chi connectivity index (χ1n) is 11.0. The Kier molecular flexibility index (Phi) is 6.76. The van der Waals surface area contributed by atoms with Crippen molar-refractivity contribution in [2.24, 2.45) is 0 Å². The van der Waals surface area contributed by atoms with Crippen LogP contribution in [0, 0.1) is 13.8 Å². The Morgan fingerprint density at radius 3 is 2.94 bits per heavy atom. The van der Waals surface area contributed by atoms with Gasteiger partial charge in [0, 0.05) is 35.7 Å². The van der Waals surface area contributed by atoms with E-state index in [0.717, 1.165) is 23.3 Å². The second-order valence-corrected chi connectivity index (χ2v) is 10.5. The zero-order valence-electron chi connectivity index (χ0n) is 18.6. The van der Waals surface area contributed by atoms with Crippen LogP contribution in [0.5, 0.6) is 0 Å². The van der Waals surface area contributed by atoms with Crippen molar-refractivity contribution in [3.8, 4) is 0 Å². The van der Waals surface area contributed by atoms with Crippen LogP contribution >= 0.6 is 22.7 Å². The molecule has 0 saturated heterocycles. The summed E-state index contributed by atoms with van der Waals surface area (Å²) in [5.41, 5.74) is 2.00. The molecule has 170 valence electrons. The smallest absolute Gasteiger partial charge is 0.259 e. The molecule has 3 aromatic rings. The van der Waals surface area contributed by atoms with Crippen molar-refractivity contribution in [1.82, 2.24) is 20.2 Å². The van der Waals surface area contributed by atoms with Gasteiger partial charge in [-0.05, 0) is 49.3 Å². The molecule has 0 saturated carbocycles. The Morgan fingerprint density at radius 2 is 2.16 bits per heavy atom. The molecule has 7 nitrogen and oxygen atoms in total. The van der Waals surface area contributed by atoms with Crippen LogP contribution < -0.4 is 10.9 Å². The second kappa shape index (κ2) is 9.54. The quantitative estimate of drug-likeness (QED) is 0.550. The maximum Gasteiger partial charge on any atom is 0.259 e. The summed E-state index contributed by atoms with van der Waals surface area (Å²) in [5, 5.41) is 5.62. The van der Waals surface area contributed by atoms with E-state index in [4.69, 9.17) is 0 Å². The Hall–Kier alpha value is -2.52. The molecule has 32 heavy (non-hydrogen) atoms. The molecule has 3 aromatic heterocycles. The highest BCUT2D eigenvalue weighted by atomic mass is 32.1. The average Bonchev–Trinajstić information content (AvgIpc) is 3.35. The molecule has 0 radical (unpaired) electrons. The van der Waals surface area contributed by atoms with Gasteiger partial charge in [0.25, 0.3) is 5.56 Å². The minimum atomic E-state index is -0.523. The first-order valence-corrected chi connectivity index (χ1v) is 12.7. The van der Waals surface area contributed by atoms with Crippen molar-refractivity contribution in [3.05, 3.63) is 48.5 Å². The third-order valence-corrected chi connectivity index (χ3v) is 8.13. The topological polar surface area (TPSA) is 95.2 Å². The van der Waals surface area contributed by atoms with Crippen LogP contribution in [0.4, 0.5) is 0 Å². The van der Waals surface area contributed by atoms with Gasteiger partial charge in [-0.15, -0.1) is 22.7 Å². The third-order valence-electron chi connectivity index (χ3n) is 6.01. The Labute approximate surface area is 194 Å². The van der Waals surface area contributed by atoms with Crippen molar-refractivity contribution in [2.75, 3.05) is 6.54 Å².